The number of aromatic nitrogens is 1. The van der Waals surface area contributed by atoms with Gasteiger partial charge in [-0.05, 0) is 24.5 Å². The zero-order chi connectivity index (χ0) is 12.0. The number of rotatable bonds is 6. The lowest BCUT2D eigenvalue weighted by Crippen LogP contribution is -2.06. The summed E-state index contributed by atoms with van der Waals surface area (Å²) in [5, 5.41) is 12.1. The summed E-state index contributed by atoms with van der Waals surface area (Å²) in [5.41, 5.74) is 0.0969. The molecule has 4 nitrogen and oxygen atoms in total. The van der Waals surface area contributed by atoms with Crippen LogP contribution in [0.3, 0.4) is 0 Å². The Morgan fingerprint density at radius 2 is 2.44 bits per heavy atom. The van der Waals surface area contributed by atoms with Crippen molar-refractivity contribution >= 4 is 35.1 Å². The number of carboxylic acid groups (broad SMARTS) is 1. The Bertz CT molecular complexity index is 374. The van der Waals surface area contributed by atoms with Crippen LogP contribution in [0.25, 0.3) is 0 Å². The molecule has 88 valence electrons. The van der Waals surface area contributed by atoms with Crippen LogP contribution in [0.15, 0.2) is 12.3 Å². The van der Waals surface area contributed by atoms with E-state index in [0.29, 0.717) is 10.8 Å². The Morgan fingerprint density at radius 3 is 3.00 bits per heavy atom. The van der Waals surface area contributed by atoms with Crippen molar-refractivity contribution in [3.8, 4) is 0 Å². The predicted octanol–water partition coefficient (Wildman–Crippen LogP) is 2.60. The van der Waals surface area contributed by atoms with Crippen molar-refractivity contribution in [2.24, 2.45) is 0 Å². The fourth-order valence-electron chi connectivity index (χ4n) is 1.11. The number of hydrogen-bond acceptors (Lipinski definition) is 4. The van der Waals surface area contributed by atoms with Gasteiger partial charge in [0.05, 0.1) is 10.6 Å². The Labute approximate surface area is 103 Å². The van der Waals surface area contributed by atoms with Crippen LogP contribution in [0.2, 0.25) is 5.02 Å². The average Bonchev–Trinajstić information content (AvgIpc) is 2.26. The van der Waals surface area contributed by atoms with Crippen LogP contribution in [0.1, 0.15) is 16.8 Å². The van der Waals surface area contributed by atoms with Gasteiger partial charge in [0.25, 0.3) is 0 Å². The number of aromatic carboxylic acids is 1. The summed E-state index contributed by atoms with van der Waals surface area (Å²) in [6, 6.07) is 1.40. The largest absolute Gasteiger partial charge is 0.478 e. The van der Waals surface area contributed by atoms with E-state index in [2.05, 4.69) is 10.3 Å². The van der Waals surface area contributed by atoms with Gasteiger partial charge < -0.3 is 10.4 Å². The van der Waals surface area contributed by atoms with Gasteiger partial charge in [0.1, 0.15) is 5.82 Å². The molecule has 0 atom stereocenters. The number of thioether (sulfide) groups is 1. The van der Waals surface area contributed by atoms with Crippen molar-refractivity contribution < 1.29 is 9.90 Å². The number of nitrogens with zero attached hydrogens (tertiary/aromatic N) is 1. The number of carbonyl (C=O) groups is 1. The maximum absolute atomic E-state index is 10.6. The Morgan fingerprint density at radius 1 is 1.69 bits per heavy atom. The van der Waals surface area contributed by atoms with E-state index in [4.69, 9.17) is 16.7 Å². The first-order valence-corrected chi connectivity index (χ1v) is 6.54. The van der Waals surface area contributed by atoms with E-state index in [0.717, 1.165) is 18.7 Å². The van der Waals surface area contributed by atoms with Crippen molar-refractivity contribution in [3.05, 3.63) is 22.8 Å². The average molecular weight is 261 g/mol. The third-order valence-corrected chi connectivity index (χ3v) is 2.89. The van der Waals surface area contributed by atoms with Gasteiger partial charge >= 0.3 is 5.97 Å². The van der Waals surface area contributed by atoms with E-state index in [1.54, 1.807) is 11.8 Å². The van der Waals surface area contributed by atoms with Crippen molar-refractivity contribution in [1.29, 1.82) is 0 Å². The molecule has 0 bridgehead atoms. The number of nitrogens with one attached hydrogen (secondary N) is 1. The lowest BCUT2D eigenvalue weighted by atomic mass is 10.3. The maximum Gasteiger partial charge on any atom is 0.337 e. The molecule has 0 radical (unpaired) electrons. The maximum atomic E-state index is 10.6. The van der Waals surface area contributed by atoms with Crippen LogP contribution < -0.4 is 5.32 Å². The molecule has 2 N–H and O–H groups in total. The minimum atomic E-state index is -1.02. The number of pyridine rings is 1. The van der Waals surface area contributed by atoms with E-state index in [-0.39, 0.29) is 5.56 Å². The highest BCUT2D eigenvalue weighted by molar-refractivity contribution is 7.98. The highest BCUT2D eigenvalue weighted by Gasteiger charge is 2.07. The summed E-state index contributed by atoms with van der Waals surface area (Å²) in [5.74, 6) is 0.578. The smallest absolute Gasteiger partial charge is 0.337 e. The van der Waals surface area contributed by atoms with E-state index in [1.165, 1.54) is 12.3 Å². The third-order valence-electron chi connectivity index (χ3n) is 1.91. The molecule has 1 aromatic rings. The SMILES string of the molecule is CSCCCNc1ncc(C(=O)O)cc1Cl. The van der Waals surface area contributed by atoms with Gasteiger partial charge in [-0.25, -0.2) is 9.78 Å². The van der Waals surface area contributed by atoms with Crippen molar-refractivity contribution in [3.63, 3.8) is 0 Å². The molecule has 0 aliphatic heterocycles. The Hall–Kier alpha value is -0.940. The number of halogens is 1. The minimum Gasteiger partial charge on any atom is -0.478 e. The number of hydrogen-bond donors (Lipinski definition) is 2. The second kappa shape index (κ2) is 6.60. The molecular formula is C10H13ClN2O2S. The second-order valence-electron chi connectivity index (χ2n) is 3.13. The van der Waals surface area contributed by atoms with E-state index in [9.17, 15) is 4.79 Å². The predicted molar refractivity (Wildman–Crippen MR) is 67.7 cm³/mol. The Balaban J connectivity index is 2.57. The molecule has 0 fully saturated rings. The van der Waals surface area contributed by atoms with Gasteiger partial charge in [0.2, 0.25) is 0 Å². The molecule has 0 aromatic carbocycles. The highest BCUT2D eigenvalue weighted by atomic mass is 35.5. The molecule has 1 aromatic heterocycles. The van der Waals surface area contributed by atoms with E-state index in [1.807, 2.05) is 6.26 Å². The highest BCUT2D eigenvalue weighted by Crippen LogP contribution is 2.20. The fraction of sp³-hybridized carbons (Fsp3) is 0.400. The lowest BCUT2D eigenvalue weighted by Gasteiger charge is -2.07. The quantitative estimate of drug-likeness (QED) is 0.770. The topological polar surface area (TPSA) is 62.2 Å². The molecule has 0 amide bonds. The first kappa shape index (κ1) is 13.1. The molecule has 16 heavy (non-hydrogen) atoms. The van der Waals surface area contributed by atoms with Crippen LogP contribution in [0.4, 0.5) is 5.82 Å². The van der Waals surface area contributed by atoms with E-state index < -0.39 is 5.97 Å². The van der Waals surface area contributed by atoms with Gasteiger partial charge in [-0.1, -0.05) is 11.6 Å². The standard InChI is InChI=1S/C10H13ClN2O2S/c1-16-4-2-3-12-9-8(11)5-7(6-13-9)10(14)15/h5-6H,2-4H2,1H3,(H,12,13)(H,14,15). The van der Waals surface area contributed by atoms with Crippen molar-refractivity contribution in [2.75, 3.05) is 23.9 Å². The van der Waals surface area contributed by atoms with Gasteiger partial charge in [-0.3, -0.25) is 0 Å². The Kier molecular flexibility index (Phi) is 5.42. The summed E-state index contributed by atoms with van der Waals surface area (Å²) in [6.45, 7) is 0.778. The first-order valence-electron chi connectivity index (χ1n) is 4.77. The molecule has 6 heteroatoms. The summed E-state index contributed by atoms with van der Waals surface area (Å²) < 4.78 is 0. The number of carboxylic acids is 1. The lowest BCUT2D eigenvalue weighted by molar-refractivity contribution is 0.0696. The zero-order valence-electron chi connectivity index (χ0n) is 8.86. The van der Waals surface area contributed by atoms with Gasteiger partial charge in [-0.2, -0.15) is 11.8 Å². The first-order chi connectivity index (χ1) is 7.65. The monoisotopic (exact) mass is 260 g/mol. The summed E-state index contributed by atoms with van der Waals surface area (Å²) >= 11 is 7.67. The molecule has 1 heterocycles. The molecular weight excluding hydrogens is 248 g/mol. The summed E-state index contributed by atoms with van der Waals surface area (Å²) in [7, 11) is 0. The van der Waals surface area contributed by atoms with Crippen molar-refractivity contribution in [1.82, 2.24) is 4.98 Å². The number of anilines is 1. The van der Waals surface area contributed by atoms with Crippen LogP contribution >= 0.6 is 23.4 Å². The third kappa shape index (κ3) is 3.90. The molecule has 0 saturated heterocycles. The molecule has 0 saturated carbocycles. The molecule has 0 unspecified atom stereocenters. The van der Waals surface area contributed by atoms with Gasteiger partial charge in [-0.15, -0.1) is 0 Å². The van der Waals surface area contributed by atoms with Crippen LogP contribution in [-0.2, 0) is 0 Å². The fourth-order valence-corrected chi connectivity index (χ4v) is 1.77. The molecule has 0 spiro atoms. The van der Waals surface area contributed by atoms with E-state index >= 15 is 0 Å². The minimum absolute atomic E-state index is 0.0969. The van der Waals surface area contributed by atoms with Crippen LogP contribution in [0.5, 0.6) is 0 Å². The molecule has 0 aliphatic rings. The normalized spacial score (nSPS) is 10.1. The molecule has 1 rings (SSSR count). The van der Waals surface area contributed by atoms with Crippen LogP contribution in [-0.4, -0.2) is 34.6 Å². The zero-order valence-corrected chi connectivity index (χ0v) is 10.4. The van der Waals surface area contributed by atoms with Gasteiger partial charge in [0.15, 0.2) is 0 Å². The summed E-state index contributed by atoms with van der Waals surface area (Å²) in [6.07, 6.45) is 4.36. The second-order valence-corrected chi connectivity index (χ2v) is 4.53. The summed E-state index contributed by atoms with van der Waals surface area (Å²) in [4.78, 5) is 14.6. The van der Waals surface area contributed by atoms with Gasteiger partial charge in [0, 0.05) is 12.7 Å². The van der Waals surface area contributed by atoms with Crippen LogP contribution in [0, 0.1) is 0 Å². The molecule has 0 aliphatic carbocycles. The van der Waals surface area contributed by atoms with Crippen molar-refractivity contribution in [2.45, 2.75) is 6.42 Å².